The van der Waals surface area contributed by atoms with E-state index in [1.54, 1.807) is 0 Å². The number of carbonyl (C=O) groups excluding carboxylic acids is 3. The first-order valence-electron chi connectivity index (χ1n) is 5.65. The molecule has 0 radical (unpaired) electrons. The van der Waals surface area contributed by atoms with Gasteiger partial charge in [0, 0.05) is 13.5 Å². The summed E-state index contributed by atoms with van der Waals surface area (Å²) in [6.45, 7) is -1.10. The van der Waals surface area contributed by atoms with Crippen molar-refractivity contribution in [3.05, 3.63) is 0 Å². The summed E-state index contributed by atoms with van der Waals surface area (Å²) >= 11 is 0. The number of alkyl halides is 3. The quantitative estimate of drug-likeness (QED) is 0.722. The topological polar surface area (TPSA) is 121 Å². The second-order valence-corrected chi connectivity index (χ2v) is 5.68. The Morgan fingerprint density at radius 3 is 2.27 bits per heavy atom. The molecular formula is C9H11F3N2O7S. The van der Waals surface area contributed by atoms with Gasteiger partial charge in [0.15, 0.2) is 0 Å². The summed E-state index contributed by atoms with van der Waals surface area (Å²) in [4.78, 5) is 35.0. The number of halogens is 3. The molecule has 9 nitrogen and oxygen atoms in total. The maximum absolute atomic E-state index is 13.1. The smallest absolute Gasteiger partial charge is 0.418 e. The third-order valence-corrected chi connectivity index (χ3v) is 3.61. The molecule has 13 heteroatoms. The molecule has 1 saturated heterocycles. The van der Waals surface area contributed by atoms with Gasteiger partial charge >= 0.3 is 27.5 Å². The minimum Gasteiger partial charge on any atom is -0.446 e. The molecular weight excluding hydrogens is 337 g/mol. The molecule has 1 rings (SSSR count). The zero-order valence-electron chi connectivity index (χ0n) is 11.0. The van der Waals surface area contributed by atoms with Crippen molar-refractivity contribution in [2.45, 2.75) is 18.3 Å². The predicted molar refractivity (Wildman–Crippen MR) is 62.2 cm³/mol. The number of imide groups is 2. The summed E-state index contributed by atoms with van der Waals surface area (Å²) in [6, 6.07) is -1.07. The highest BCUT2D eigenvalue weighted by Gasteiger charge is 2.53. The Bertz CT molecular complexity index is 594. The fraction of sp³-hybridized carbons (Fsp3) is 0.667. The summed E-state index contributed by atoms with van der Waals surface area (Å²) in [5.74, 6) is -0.665. The highest BCUT2D eigenvalue weighted by molar-refractivity contribution is 7.86. The van der Waals surface area contributed by atoms with Gasteiger partial charge in [-0.2, -0.15) is 17.2 Å². The number of urea groups is 1. The van der Waals surface area contributed by atoms with E-state index in [1.165, 1.54) is 0 Å². The standard InChI is InChI=1S/C9H11F3N2O7S/c1-5(15)13-2-3-14(7(13)16)8(17)21-4-6(10)9(11,12)22(18,19)20/h6H,2-4H2,1H3,(H,18,19,20). The summed E-state index contributed by atoms with van der Waals surface area (Å²) < 4.78 is 71.6. The molecule has 4 amide bonds. The number of hydrogen-bond donors (Lipinski definition) is 1. The molecule has 0 bridgehead atoms. The molecule has 1 aliphatic heterocycles. The van der Waals surface area contributed by atoms with E-state index in [4.69, 9.17) is 4.55 Å². The van der Waals surface area contributed by atoms with E-state index in [0.717, 1.165) is 6.92 Å². The van der Waals surface area contributed by atoms with Crippen LogP contribution in [-0.2, 0) is 19.6 Å². The molecule has 0 saturated carbocycles. The van der Waals surface area contributed by atoms with Crippen molar-refractivity contribution in [3.63, 3.8) is 0 Å². The van der Waals surface area contributed by atoms with Gasteiger partial charge in [0.05, 0.1) is 6.54 Å². The molecule has 126 valence electrons. The van der Waals surface area contributed by atoms with Crippen LogP contribution in [0.25, 0.3) is 0 Å². The van der Waals surface area contributed by atoms with Gasteiger partial charge in [-0.05, 0) is 0 Å². The number of rotatable bonds is 4. The molecule has 1 unspecified atom stereocenters. The normalized spacial score (nSPS) is 17.6. The molecule has 1 heterocycles. The van der Waals surface area contributed by atoms with Crippen LogP contribution in [0.4, 0.5) is 22.8 Å². The van der Waals surface area contributed by atoms with Crippen LogP contribution in [0.1, 0.15) is 6.92 Å². The Morgan fingerprint density at radius 2 is 1.86 bits per heavy atom. The Hall–Kier alpha value is -1.89. The minimum atomic E-state index is -6.03. The lowest BCUT2D eigenvalue weighted by Crippen LogP contribution is -2.43. The Balaban J connectivity index is 2.65. The summed E-state index contributed by atoms with van der Waals surface area (Å²) in [7, 11) is -6.03. The zero-order valence-corrected chi connectivity index (χ0v) is 11.8. The van der Waals surface area contributed by atoms with Gasteiger partial charge in [-0.1, -0.05) is 0 Å². The first-order valence-corrected chi connectivity index (χ1v) is 7.09. The summed E-state index contributed by atoms with van der Waals surface area (Å²) in [5.41, 5.74) is 0. The van der Waals surface area contributed by atoms with Crippen LogP contribution in [0.3, 0.4) is 0 Å². The van der Waals surface area contributed by atoms with Crippen LogP contribution in [0, 0.1) is 0 Å². The predicted octanol–water partition coefficient (Wildman–Crippen LogP) is 0.226. The van der Waals surface area contributed by atoms with Gasteiger partial charge in [0.2, 0.25) is 12.1 Å². The van der Waals surface area contributed by atoms with Crippen LogP contribution in [0.2, 0.25) is 0 Å². The Labute approximate surface area is 122 Å². The Kier molecular flexibility index (Phi) is 5.02. The lowest BCUT2D eigenvalue weighted by Gasteiger charge is -2.19. The van der Waals surface area contributed by atoms with E-state index in [9.17, 15) is 36.0 Å². The second kappa shape index (κ2) is 6.08. The fourth-order valence-corrected chi connectivity index (χ4v) is 1.87. The van der Waals surface area contributed by atoms with E-state index in [2.05, 4.69) is 4.74 Å². The van der Waals surface area contributed by atoms with E-state index in [-0.39, 0.29) is 13.1 Å². The Morgan fingerprint density at radius 1 is 1.36 bits per heavy atom. The van der Waals surface area contributed by atoms with Crippen molar-refractivity contribution in [2.75, 3.05) is 19.7 Å². The molecule has 1 atom stereocenters. The molecule has 0 aromatic carbocycles. The van der Waals surface area contributed by atoms with Crippen LogP contribution in [0.5, 0.6) is 0 Å². The van der Waals surface area contributed by atoms with Gasteiger partial charge in [-0.15, -0.1) is 0 Å². The van der Waals surface area contributed by atoms with Gasteiger partial charge in [-0.3, -0.25) is 14.2 Å². The lowest BCUT2D eigenvalue weighted by molar-refractivity contribution is -0.125. The molecule has 0 aliphatic carbocycles. The van der Waals surface area contributed by atoms with Gasteiger partial charge in [0.25, 0.3) is 0 Å². The lowest BCUT2D eigenvalue weighted by atomic mass is 10.4. The van der Waals surface area contributed by atoms with Crippen molar-refractivity contribution >= 4 is 28.1 Å². The van der Waals surface area contributed by atoms with Crippen molar-refractivity contribution in [2.24, 2.45) is 0 Å². The van der Waals surface area contributed by atoms with Crippen LogP contribution >= 0.6 is 0 Å². The van der Waals surface area contributed by atoms with Crippen molar-refractivity contribution in [3.8, 4) is 0 Å². The molecule has 0 aromatic heterocycles. The average Bonchev–Trinajstić information content (AvgIpc) is 2.76. The van der Waals surface area contributed by atoms with Gasteiger partial charge in [-0.25, -0.2) is 18.9 Å². The zero-order chi connectivity index (χ0) is 17.3. The number of hydrogen-bond acceptors (Lipinski definition) is 6. The molecule has 1 N–H and O–H groups in total. The van der Waals surface area contributed by atoms with Crippen LogP contribution < -0.4 is 0 Å². The molecule has 1 aliphatic rings. The maximum Gasteiger partial charge on any atom is 0.418 e. The highest BCUT2D eigenvalue weighted by Crippen LogP contribution is 2.27. The minimum absolute atomic E-state index is 0.149. The van der Waals surface area contributed by atoms with Crippen molar-refractivity contribution in [1.82, 2.24) is 9.80 Å². The van der Waals surface area contributed by atoms with E-state index in [0.29, 0.717) is 9.80 Å². The molecule has 0 spiro atoms. The SMILES string of the molecule is CC(=O)N1CCN(C(=O)OCC(F)C(F)(F)S(=O)(=O)O)C1=O. The van der Waals surface area contributed by atoms with Crippen molar-refractivity contribution < 1.29 is 45.3 Å². The fourth-order valence-electron chi connectivity index (χ4n) is 1.48. The second-order valence-electron chi connectivity index (χ2n) is 4.19. The summed E-state index contributed by atoms with van der Waals surface area (Å²) in [5, 5.41) is -5.17. The van der Waals surface area contributed by atoms with E-state index < -0.39 is 46.2 Å². The number of carbonyl (C=O) groups is 3. The third-order valence-electron chi connectivity index (χ3n) is 2.67. The number of amides is 4. The first-order chi connectivity index (χ1) is 9.89. The van der Waals surface area contributed by atoms with Gasteiger partial charge in [0.1, 0.15) is 6.61 Å². The van der Waals surface area contributed by atoms with Crippen molar-refractivity contribution in [1.29, 1.82) is 0 Å². The molecule has 0 aromatic rings. The highest BCUT2D eigenvalue weighted by atomic mass is 32.2. The molecule has 22 heavy (non-hydrogen) atoms. The van der Waals surface area contributed by atoms with Gasteiger partial charge < -0.3 is 4.74 Å². The maximum atomic E-state index is 13.1. The monoisotopic (exact) mass is 348 g/mol. The average molecular weight is 348 g/mol. The molecule has 1 fully saturated rings. The third kappa shape index (κ3) is 3.47. The largest absolute Gasteiger partial charge is 0.446 e. The van der Waals surface area contributed by atoms with E-state index in [1.807, 2.05) is 0 Å². The number of nitrogens with zero attached hydrogens (tertiary/aromatic N) is 2. The number of ether oxygens (including phenoxy) is 1. The van der Waals surface area contributed by atoms with Crippen LogP contribution in [0.15, 0.2) is 0 Å². The summed E-state index contributed by atoms with van der Waals surface area (Å²) in [6.07, 6.45) is -5.06. The first kappa shape index (κ1) is 18.2. The van der Waals surface area contributed by atoms with Crippen LogP contribution in [-0.4, -0.2) is 71.9 Å². The van der Waals surface area contributed by atoms with E-state index >= 15 is 0 Å².